The van der Waals surface area contributed by atoms with Gasteiger partial charge in [-0.2, -0.15) is 0 Å². The van der Waals surface area contributed by atoms with Crippen LogP contribution < -0.4 is 14.8 Å². The molecular formula is C24H24N4O3. The van der Waals surface area contributed by atoms with Crippen LogP contribution in [0.5, 0.6) is 11.5 Å². The van der Waals surface area contributed by atoms with E-state index < -0.39 is 0 Å². The number of carbonyl (C=O) groups excluding carboxylic acids is 1. The molecule has 1 N–H and O–H groups in total. The fourth-order valence-corrected chi connectivity index (χ4v) is 3.53. The largest absolute Gasteiger partial charge is 0.493 e. The SMILES string of the molecule is COc1ccc(CCNC(=O)Cn2c(-c3cccnc3)nc3ccccc32)cc1OC. The van der Waals surface area contributed by atoms with E-state index in [4.69, 9.17) is 14.5 Å². The van der Waals surface area contributed by atoms with Gasteiger partial charge in [-0.05, 0) is 48.4 Å². The van der Waals surface area contributed by atoms with Gasteiger partial charge in [0.25, 0.3) is 0 Å². The molecule has 0 aliphatic carbocycles. The molecule has 0 saturated heterocycles. The van der Waals surface area contributed by atoms with E-state index in [0.717, 1.165) is 28.0 Å². The van der Waals surface area contributed by atoms with Crippen molar-refractivity contribution >= 4 is 16.9 Å². The monoisotopic (exact) mass is 416 g/mol. The van der Waals surface area contributed by atoms with E-state index in [1.807, 2.05) is 59.2 Å². The lowest BCUT2D eigenvalue weighted by Crippen LogP contribution is -2.29. The number of hydrogen-bond acceptors (Lipinski definition) is 5. The fourth-order valence-electron chi connectivity index (χ4n) is 3.53. The molecule has 7 nitrogen and oxygen atoms in total. The molecule has 158 valence electrons. The molecule has 0 bridgehead atoms. The third kappa shape index (κ3) is 4.50. The quantitative estimate of drug-likeness (QED) is 0.476. The molecule has 7 heteroatoms. The van der Waals surface area contributed by atoms with Crippen molar-refractivity contribution in [2.75, 3.05) is 20.8 Å². The Morgan fingerprint density at radius 2 is 1.87 bits per heavy atom. The highest BCUT2D eigenvalue weighted by Gasteiger charge is 2.15. The van der Waals surface area contributed by atoms with Crippen molar-refractivity contribution in [3.8, 4) is 22.9 Å². The lowest BCUT2D eigenvalue weighted by Gasteiger charge is -2.11. The second kappa shape index (κ2) is 9.30. The number of amides is 1. The Morgan fingerprint density at radius 3 is 2.65 bits per heavy atom. The Bertz CT molecular complexity index is 1190. The highest BCUT2D eigenvalue weighted by molar-refractivity contribution is 5.84. The summed E-state index contributed by atoms with van der Waals surface area (Å²) in [6.45, 7) is 0.694. The van der Waals surface area contributed by atoms with Crippen LogP contribution in [0.2, 0.25) is 0 Å². The molecule has 0 fully saturated rings. The van der Waals surface area contributed by atoms with Gasteiger partial charge in [-0.15, -0.1) is 0 Å². The molecule has 0 aliphatic rings. The molecule has 4 aromatic rings. The van der Waals surface area contributed by atoms with Crippen LogP contribution in [0.4, 0.5) is 0 Å². The number of nitrogens with zero attached hydrogens (tertiary/aromatic N) is 3. The molecule has 0 spiro atoms. The summed E-state index contributed by atoms with van der Waals surface area (Å²) in [6, 6.07) is 17.4. The van der Waals surface area contributed by atoms with E-state index in [1.54, 1.807) is 26.6 Å². The molecule has 0 aliphatic heterocycles. The van der Waals surface area contributed by atoms with Gasteiger partial charge in [0.2, 0.25) is 5.91 Å². The van der Waals surface area contributed by atoms with Crippen LogP contribution in [0.1, 0.15) is 5.56 Å². The first-order chi connectivity index (χ1) is 15.2. The van der Waals surface area contributed by atoms with Crippen LogP contribution in [0.15, 0.2) is 67.0 Å². The van der Waals surface area contributed by atoms with Gasteiger partial charge < -0.3 is 19.4 Å². The maximum Gasteiger partial charge on any atom is 0.240 e. The van der Waals surface area contributed by atoms with Gasteiger partial charge in [-0.25, -0.2) is 4.98 Å². The lowest BCUT2D eigenvalue weighted by atomic mass is 10.1. The Morgan fingerprint density at radius 1 is 1.03 bits per heavy atom. The Labute approximate surface area is 180 Å². The number of para-hydroxylation sites is 2. The van der Waals surface area contributed by atoms with Gasteiger partial charge in [0.15, 0.2) is 11.5 Å². The third-order valence-corrected chi connectivity index (χ3v) is 5.06. The molecule has 1 amide bonds. The Hall–Kier alpha value is -3.87. The van der Waals surface area contributed by atoms with Crippen molar-refractivity contribution in [3.05, 3.63) is 72.6 Å². The van der Waals surface area contributed by atoms with Crippen LogP contribution in [0.25, 0.3) is 22.4 Å². The molecule has 2 heterocycles. The van der Waals surface area contributed by atoms with Crippen LogP contribution in [-0.2, 0) is 17.8 Å². The summed E-state index contributed by atoms with van der Waals surface area (Å²) < 4.78 is 12.5. The number of aromatic nitrogens is 3. The number of fused-ring (bicyclic) bond motifs is 1. The molecule has 4 rings (SSSR count). The average molecular weight is 416 g/mol. The van der Waals surface area contributed by atoms with Crippen LogP contribution in [0, 0.1) is 0 Å². The maximum absolute atomic E-state index is 12.7. The highest BCUT2D eigenvalue weighted by atomic mass is 16.5. The number of methoxy groups -OCH3 is 2. The minimum Gasteiger partial charge on any atom is -0.493 e. The van der Waals surface area contributed by atoms with E-state index in [-0.39, 0.29) is 12.5 Å². The zero-order valence-corrected chi connectivity index (χ0v) is 17.5. The number of benzene rings is 2. The van der Waals surface area contributed by atoms with E-state index >= 15 is 0 Å². The van der Waals surface area contributed by atoms with Gasteiger partial charge in [0.05, 0.1) is 25.3 Å². The number of rotatable bonds is 8. The van der Waals surface area contributed by atoms with E-state index in [9.17, 15) is 4.79 Å². The summed E-state index contributed by atoms with van der Waals surface area (Å²) in [5.74, 6) is 2.01. The molecule has 2 aromatic heterocycles. The smallest absolute Gasteiger partial charge is 0.240 e. The van der Waals surface area contributed by atoms with Gasteiger partial charge in [0, 0.05) is 24.5 Å². The summed E-state index contributed by atoms with van der Waals surface area (Å²) in [6.07, 6.45) is 4.16. The standard InChI is InChI=1S/C24H24N4O3/c1-30-21-10-9-17(14-22(21)31-2)11-13-26-23(29)16-28-20-8-4-3-7-19(20)27-24(28)18-6-5-12-25-15-18/h3-10,12,14-15H,11,13,16H2,1-2H3,(H,26,29). The maximum atomic E-state index is 12.7. The van der Waals surface area contributed by atoms with Crippen LogP contribution in [0.3, 0.4) is 0 Å². The van der Waals surface area contributed by atoms with Crippen LogP contribution >= 0.6 is 0 Å². The highest BCUT2D eigenvalue weighted by Crippen LogP contribution is 2.27. The molecule has 31 heavy (non-hydrogen) atoms. The molecule has 0 atom stereocenters. The zero-order chi connectivity index (χ0) is 21.6. The second-order valence-corrected chi connectivity index (χ2v) is 7.04. The Kier molecular flexibility index (Phi) is 6.12. The molecule has 0 unspecified atom stereocenters. The molecule has 2 aromatic carbocycles. The van der Waals surface area contributed by atoms with Crippen molar-refractivity contribution in [3.63, 3.8) is 0 Å². The number of carbonyl (C=O) groups is 1. The van der Waals surface area contributed by atoms with Gasteiger partial charge in [-0.3, -0.25) is 9.78 Å². The van der Waals surface area contributed by atoms with E-state index in [2.05, 4.69) is 10.3 Å². The first-order valence-electron chi connectivity index (χ1n) is 10.0. The second-order valence-electron chi connectivity index (χ2n) is 7.04. The molecular weight excluding hydrogens is 392 g/mol. The number of hydrogen-bond donors (Lipinski definition) is 1. The minimum absolute atomic E-state index is 0.0752. The average Bonchev–Trinajstić information content (AvgIpc) is 3.18. The third-order valence-electron chi connectivity index (χ3n) is 5.06. The van der Waals surface area contributed by atoms with Crippen molar-refractivity contribution in [1.82, 2.24) is 19.9 Å². The lowest BCUT2D eigenvalue weighted by molar-refractivity contribution is -0.121. The predicted octanol–water partition coefficient (Wildman–Crippen LogP) is 3.47. The summed E-state index contributed by atoms with van der Waals surface area (Å²) in [5.41, 5.74) is 3.69. The summed E-state index contributed by atoms with van der Waals surface area (Å²) in [5, 5.41) is 3.00. The summed E-state index contributed by atoms with van der Waals surface area (Å²) in [4.78, 5) is 21.6. The van der Waals surface area contributed by atoms with Crippen molar-refractivity contribution in [2.24, 2.45) is 0 Å². The molecule has 0 saturated carbocycles. The fraction of sp³-hybridized carbons (Fsp3) is 0.208. The topological polar surface area (TPSA) is 78.3 Å². The summed E-state index contributed by atoms with van der Waals surface area (Å²) in [7, 11) is 3.22. The van der Waals surface area contributed by atoms with E-state index in [1.165, 1.54) is 0 Å². The number of nitrogens with one attached hydrogen (secondary N) is 1. The number of ether oxygens (including phenoxy) is 2. The van der Waals surface area contributed by atoms with E-state index in [0.29, 0.717) is 24.5 Å². The van der Waals surface area contributed by atoms with Gasteiger partial charge in [-0.1, -0.05) is 18.2 Å². The number of pyridine rings is 1. The van der Waals surface area contributed by atoms with Crippen LogP contribution in [-0.4, -0.2) is 41.2 Å². The zero-order valence-electron chi connectivity index (χ0n) is 17.5. The first kappa shape index (κ1) is 20.4. The van der Waals surface area contributed by atoms with Crippen molar-refractivity contribution in [2.45, 2.75) is 13.0 Å². The van der Waals surface area contributed by atoms with Gasteiger partial charge >= 0.3 is 0 Å². The normalized spacial score (nSPS) is 10.8. The first-order valence-corrected chi connectivity index (χ1v) is 10.0. The van der Waals surface area contributed by atoms with Gasteiger partial charge in [0.1, 0.15) is 12.4 Å². The van der Waals surface area contributed by atoms with Crippen molar-refractivity contribution in [1.29, 1.82) is 0 Å². The molecule has 0 radical (unpaired) electrons. The minimum atomic E-state index is -0.0752. The predicted molar refractivity (Wildman–Crippen MR) is 119 cm³/mol. The summed E-state index contributed by atoms with van der Waals surface area (Å²) >= 11 is 0. The van der Waals surface area contributed by atoms with Crippen molar-refractivity contribution < 1.29 is 14.3 Å². The Balaban J connectivity index is 1.47. The number of imidazole rings is 1.